The van der Waals surface area contributed by atoms with Gasteiger partial charge in [-0.15, -0.1) is 0 Å². The third kappa shape index (κ3) is 35.8. The standard InChI is InChI=1S/C19H29N.C15H24.C9H18O.C9H20.C8H19N.C8H18O2S/c1-18(2,3)12-15(19(4,5)6)11-14-13-20-17-10-8-7-9-16(14)17;1-14(2,3)11-12-8-7-9-13(10-12)15(4,5)6;1-8(2,3)7(10)9(4,5)6;1-8(2,3)7-9(4,5)6;1-7(2,3)9-8(4,5)6;1-7(2,3)11(9,10)8(4,5)6/h7-10,13,15,20H,11-12H2,1-6H3;7-10H,11H2,1-6H3;1-6H3;7H2,1-6H3;9H,1-6H3;1-6H3. The van der Waals surface area contributed by atoms with E-state index in [1.165, 1.54) is 40.4 Å². The highest BCUT2D eigenvalue weighted by atomic mass is 32.2. The van der Waals surface area contributed by atoms with E-state index in [0.717, 1.165) is 12.8 Å². The second kappa shape index (κ2) is 27.4. The third-order valence-corrected chi connectivity index (χ3v) is 14.8. The van der Waals surface area contributed by atoms with Gasteiger partial charge in [0.2, 0.25) is 0 Å². The molecule has 0 spiro atoms. The Hall–Kier alpha value is -2.44. The summed E-state index contributed by atoms with van der Waals surface area (Å²) < 4.78 is 22.1. The molecule has 1 atom stereocenters. The summed E-state index contributed by atoms with van der Waals surface area (Å²) in [6.07, 6.45) is 7.06. The van der Waals surface area contributed by atoms with Crippen LogP contribution >= 0.6 is 0 Å². The van der Waals surface area contributed by atoms with Crippen LogP contribution in [-0.2, 0) is 32.9 Å². The Kier molecular flexibility index (Phi) is 28.1. The Morgan fingerprint density at radius 2 is 0.919 bits per heavy atom. The molecule has 0 aliphatic carbocycles. The van der Waals surface area contributed by atoms with Gasteiger partial charge in [-0.05, 0) is 170 Å². The van der Waals surface area contributed by atoms with Gasteiger partial charge in [-0.2, -0.15) is 0 Å². The van der Waals surface area contributed by atoms with Gasteiger partial charge in [-0.3, -0.25) is 4.79 Å². The van der Waals surface area contributed by atoms with E-state index in [4.69, 9.17) is 0 Å². The normalized spacial score (nSPS) is 14.1. The van der Waals surface area contributed by atoms with Crippen molar-refractivity contribution in [3.8, 4) is 0 Å². The number of hydrogen-bond acceptors (Lipinski definition) is 4. The van der Waals surface area contributed by atoms with Gasteiger partial charge in [-0.25, -0.2) is 8.42 Å². The first-order valence-electron chi connectivity index (χ1n) is 28.1. The van der Waals surface area contributed by atoms with Crippen molar-refractivity contribution in [1.29, 1.82) is 0 Å². The average Bonchev–Trinajstić information content (AvgIpc) is 3.48. The molecular weight excluding hydrogens is 925 g/mol. The number of aromatic amines is 1. The summed E-state index contributed by atoms with van der Waals surface area (Å²) >= 11 is 0. The Labute approximate surface area is 463 Å². The molecule has 0 bridgehead atoms. The molecule has 3 rings (SSSR count). The Balaban J connectivity index is -0.000000844. The topological polar surface area (TPSA) is 79.0 Å². The van der Waals surface area contributed by atoms with Gasteiger partial charge in [0.15, 0.2) is 9.84 Å². The zero-order valence-electron chi connectivity index (χ0n) is 56.2. The van der Waals surface area contributed by atoms with E-state index in [1.54, 1.807) is 41.5 Å². The number of benzene rings is 2. The van der Waals surface area contributed by atoms with E-state index in [0.29, 0.717) is 38.8 Å². The lowest BCUT2D eigenvalue weighted by atomic mass is 9.70. The molecule has 0 saturated heterocycles. The first kappa shape index (κ1) is 75.8. The fourth-order valence-electron chi connectivity index (χ4n) is 9.51. The van der Waals surface area contributed by atoms with Crippen LogP contribution in [0.1, 0.15) is 279 Å². The lowest BCUT2D eigenvalue weighted by Crippen LogP contribution is -2.48. The molecule has 0 aliphatic heterocycles. The fourth-order valence-corrected chi connectivity index (χ4v) is 11.3. The van der Waals surface area contributed by atoms with E-state index >= 15 is 0 Å². The molecule has 1 heterocycles. The summed E-state index contributed by atoms with van der Waals surface area (Å²) in [6, 6.07) is 17.6. The maximum absolute atomic E-state index is 11.7. The number of Topliss-reactive ketones (excluding diaryl/α,β-unsaturated/α-hetero) is 1. The number of nitrogens with one attached hydrogen (secondary N) is 2. The number of fused-ring (bicyclic) bond motifs is 1. The summed E-state index contributed by atoms with van der Waals surface area (Å²) in [7, 11) is -3.01. The van der Waals surface area contributed by atoms with Gasteiger partial charge in [0.05, 0.1) is 9.49 Å². The molecule has 3 aromatic rings. The monoisotopic (exact) mass is 1050 g/mol. The smallest absolute Gasteiger partial charge is 0.160 e. The maximum atomic E-state index is 11.7. The molecule has 0 aliphatic rings. The van der Waals surface area contributed by atoms with Gasteiger partial charge in [0, 0.05) is 39.0 Å². The van der Waals surface area contributed by atoms with Crippen LogP contribution in [0.25, 0.3) is 10.9 Å². The van der Waals surface area contributed by atoms with Crippen LogP contribution in [0.3, 0.4) is 0 Å². The van der Waals surface area contributed by atoms with Crippen molar-refractivity contribution in [3.05, 3.63) is 71.4 Å². The van der Waals surface area contributed by atoms with Crippen LogP contribution < -0.4 is 5.32 Å². The lowest BCUT2D eigenvalue weighted by molar-refractivity contribution is -0.134. The predicted molar refractivity (Wildman–Crippen MR) is 336 cm³/mol. The number of para-hydroxylation sites is 1. The first-order chi connectivity index (χ1) is 31.9. The highest BCUT2D eigenvalue weighted by Crippen LogP contribution is 2.39. The van der Waals surface area contributed by atoms with Crippen molar-refractivity contribution < 1.29 is 13.2 Å². The second-order valence-corrected chi connectivity index (χ2v) is 38.0. The highest BCUT2D eigenvalue weighted by molar-refractivity contribution is 7.94. The van der Waals surface area contributed by atoms with Crippen LogP contribution in [0, 0.1) is 43.8 Å². The number of aromatic nitrogens is 1. The van der Waals surface area contributed by atoms with Crippen molar-refractivity contribution >= 4 is 26.5 Å². The molecule has 5 nitrogen and oxygen atoms in total. The van der Waals surface area contributed by atoms with Crippen LogP contribution in [0.4, 0.5) is 0 Å². The van der Waals surface area contributed by atoms with Crippen LogP contribution in [0.2, 0.25) is 0 Å². The second-order valence-electron chi connectivity index (χ2n) is 34.6. The number of H-pyrrole nitrogens is 1. The largest absolute Gasteiger partial charge is 0.361 e. The summed E-state index contributed by atoms with van der Waals surface area (Å²) in [6.45, 7) is 76.8. The van der Waals surface area contributed by atoms with Crippen molar-refractivity contribution in [1.82, 2.24) is 10.3 Å². The molecule has 1 unspecified atom stereocenters. The SMILES string of the molecule is CC(C)(C)C(=O)C(C)(C)C.CC(C)(C)CC(C)(C)C.CC(C)(C)CC(Cc1c[nH]c2ccccc12)C(C)(C)C.CC(C)(C)Cc1cccc(C(C)(C)C)c1.CC(C)(C)NC(C)(C)C.CC(C)(C)S(=O)(=O)C(C)(C)C. The number of carbonyl (C=O) groups is 1. The fraction of sp³-hybridized carbons (Fsp3) is 0.779. The van der Waals surface area contributed by atoms with E-state index in [9.17, 15) is 13.2 Å². The Morgan fingerprint density at radius 3 is 1.18 bits per heavy atom. The lowest BCUT2D eigenvalue weighted by Gasteiger charge is -2.35. The number of sulfone groups is 1. The first-order valence-corrected chi connectivity index (χ1v) is 29.6. The van der Waals surface area contributed by atoms with Crippen LogP contribution in [0.15, 0.2) is 54.7 Å². The molecule has 6 heteroatoms. The van der Waals surface area contributed by atoms with E-state index < -0.39 is 19.3 Å². The number of ketones is 1. The third-order valence-electron chi connectivity index (χ3n) is 11.5. The van der Waals surface area contributed by atoms with E-state index in [1.807, 2.05) is 41.5 Å². The minimum Gasteiger partial charge on any atom is -0.361 e. The molecule has 2 N–H and O–H groups in total. The van der Waals surface area contributed by atoms with Crippen LogP contribution in [0.5, 0.6) is 0 Å². The van der Waals surface area contributed by atoms with Gasteiger partial charge >= 0.3 is 0 Å². The summed E-state index contributed by atoms with van der Waals surface area (Å²) in [5.74, 6) is 1.02. The average molecular weight is 1050 g/mol. The number of carbonyl (C=O) groups excluding carboxylic acids is 1. The van der Waals surface area contributed by atoms with Crippen molar-refractivity contribution in [2.24, 2.45) is 43.8 Å². The van der Waals surface area contributed by atoms with E-state index in [-0.39, 0.29) is 27.3 Å². The minimum absolute atomic E-state index is 0.196. The molecule has 434 valence electrons. The van der Waals surface area contributed by atoms with Crippen molar-refractivity contribution in [2.45, 2.75) is 301 Å². The predicted octanol–water partition coefficient (Wildman–Crippen LogP) is 20.7. The molecule has 1 aromatic heterocycles. The highest BCUT2D eigenvalue weighted by Gasteiger charge is 2.39. The van der Waals surface area contributed by atoms with Gasteiger partial charge in [0.25, 0.3) is 0 Å². The molecule has 0 amide bonds. The molecule has 74 heavy (non-hydrogen) atoms. The summed E-state index contributed by atoms with van der Waals surface area (Å²) in [4.78, 5) is 14.9. The Morgan fingerprint density at radius 1 is 0.514 bits per heavy atom. The summed E-state index contributed by atoms with van der Waals surface area (Å²) in [5.41, 5.74) is 8.00. The molecule has 0 fully saturated rings. The van der Waals surface area contributed by atoms with Gasteiger partial charge < -0.3 is 10.3 Å². The zero-order chi connectivity index (χ0) is 60.1. The van der Waals surface area contributed by atoms with Crippen molar-refractivity contribution in [3.63, 3.8) is 0 Å². The molecule has 0 radical (unpaired) electrons. The quantitative estimate of drug-likeness (QED) is 0.273. The summed E-state index contributed by atoms with van der Waals surface area (Å²) in [5, 5.41) is 4.84. The van der Waals surface area contributed by atoms with E-state index in [2.05, 4.69) is 231 Å². The van der Waals surface area contributed by atoms with Gasteiger partial charge in [-0.1, -0.05) is 209 Å². The molecule has 2 aromatic carbocycles. The number of rotatable bonds is 4. The van der Waals surface area contributed by atoms with Crippen molar-refractivity contribution in [2.75, 3.05) is 0 Å². The maximum Gasteiger partial charge on any atom is 0.160 e. The molecule has 0 saturated carbocycles. The van der Waals surface area contributed by atoms with Crippen LogP contribution in [-0.4, -0.2) is 39.8 Å². The Bertz CT molecular complexity index is 2080. The molecular formula is C68H128N2O3S. The minimum atomic E-state index is -3.01. The zero-order valence-corrected chi connectivity index (χ0v) is 57.1. The number of hydrogen-bond donors (Lipinski definition) is 2. The van der Waals surface area contributed by atoms with Gasteiger partial charge in [0.1, 0.15) is 5.78 Å².